The Morgan fingerprint density at radius 3 is 2.29 bits per heavy atom. The van der Waals surface area contributed by atoms with Crippen molar-refractivity contribution in [1.82, 2.24) is 14.1 Å². The first-order valence-electron chi connectivity index (χ1n) is 15.2. The van der Waals surface area contributed by atoms with Crippen LogP contribution in [0, 0.1) is 5.92 Å². The lowest BCUT2D eigenvalue weighted by Crippen LogP contribution is -2.48. The Morgan fingerprint density at radius 1 is 1.00 bits per heavy atom. The van der Waals surface area contributed by atoms with Crippen molar-refractivity contribution in [1.29, 1.82) is 0 Å². The van der Waals surface area contributed by atoms with Crippen LogP contribution in [0.25, 0.3) is 0 Å². The van der Waals surface area contributed by atoms with Gasteiger partial charge >= 0.3 is 6.09 Å². The molecule has 0 aromatic heterocycles. The van der Waals surface area contributed by atoms with E-state index in [-0.39, 0.29) is 43.3 Å². The number of sulfonamides is 1. The molecule has 12 heteroatoms. The molecule has 0 N–H and O–H groups in total. The standard InChI is InChI=1S/C33H49N3O8S/c1-24(2)36(31(37)26-15-16-29(42-8)30(19-26)43-18-12-17-41-7)21-27-20-35(32(38)44-33(3,4)5)22-28(27)34(6)45(39,40)23-25-13-10-9-11-14-25/h9-11,13-16,19,24,27-28H,12,17-18,20-23H2,1-8H3. The summed E-state index contributed by atoms with van der Waals surface area (Å²) in [6, 6.07) is 13.2. The number of benzene rings is 2. The number of hydrogen-bond donors (Lipinski definition) is 0. The number of carbonyl (C=O) groups excluding carboxylic acids is 2. The minimum Gasteiger partial charge on any atom is -0.493 e. The third kappa shape index (κ3) is 10.1. The molecule has 0 saturated carbocycles. The Balaban J connectivity index is 1.90. The molecule has 1 saturated heterocycles. The summed E-state index contributed by atoms with van der Waals surface area (Å²) < 4.78 is 50.7. The highest BCUT2D eigenvalue weighted by atomic mass is 32.2. The first-order valence-corrected chi connectivity index (χ1v) is 16.9. The highest BCUT2D eigenvalue weighted by molar-refractivity contribution is 7.88. The highest BCUT2D eigenvalue weighted by Gasteiger charge is 2.44. The molecule has 1 aliphatic rings. The number of hydrogen-bond acceptors (Lipinski definition) is 8. The quantitative estimate of drug-likeness (QED) is 0.272. The molecule has 0 spiro atoms. The van der Waals surface area contributed by atoms with Gasteiger partial charge in [0.15, 0.2) is 11.5 Å². The number of nitrogens with zero attached hydrogens (tertiary/aromatic N) is 3. The van der Waals surface area contributed by atoms with Gasteiger partial charge in [0.25, 0.3) is 5.91 Å². The number of carbonyl (C=O) groups is 2. The molecule has 1 aliphatic heterocycles. The number of likely N-dealkylation sites (tertiary alicyclic amines) is 1. The van der Waals surface area contributed by atoms with E-state index in [1.807, 2.05) is 19.9 Å². The third-order valence-electron chi connectivity index (χ3n) is 7.63. The second-order valence-corrected chi connectivity index (χ2v) is 14.6. The topological polar surface area (TPSA) is 115 Å². The maximum Gasteiger partial charge on any atom is 0.410 e. The first kappa shape index (κ1) is 36.1. The predicted molar refractivity (Wildman–Crippen MR) is 173 cm³/mol. The van der Waals surface area contributed by atoms with Crippen molar-refractivity contribution in [2.75, 3.05) is 54.1 Å². The van der Waals surface area contributed by atoms with Gasteiger partial charge in [-0.25, -0.2) is 13.2 Å². The summed E-state index contributed by atoms with van der Waals surface area (Å²) in [6.45, 7) is 10.7. The first-order chi connectivity index (χ1) is 21.2. The second kappa shape index (κ2) is 15.8. The van der Waals surface area contributed by atoms with Crippen LogP contribution in [0.3, 0.4) is 0 Å². The molecule has 1 heterocycles. The highest BCUT2D eigenvalue weighted by Crippen LogP contribution is 2.31. The lowest BCUT2D eigenvalue weighted by Gasteiger charge is -2.34. The van der Waals surface area contributed by atoms with Gasteiger partial charge in [-0.05, 0) is 58.4 Å². The van der Waals surface area contributed by atoms with Gasteiger partial charge < -0.3 is 28.7 Å². The van der Waals surface area contributed by atoms with Gasteiger partial charge in [-0.15, -0.1) is 0 Å². The van der Waals surface area contributed by atoms with E-state index >= 15 is 0 Å². The fraction of sp³-hybridized carbons (Fsp3) is 0.576. The van der Waals surface area contributed by atoms with E-state index in [2.05, 4.69) is 0 Å². The molecule has 0 bridgehead atoms. The molecule has 2 amide bonds. The van der Waals surface area contributed by atoms with Crippen LogP contribution >= 0.6 is 0 Å². The van der Waals surface area contributed by atoms with E-state index in [1.165, 1.54) is 16.3 Å². The van der Waals surface area contributed by atoms with Crippen LogP contribution in [-0.4, -0.2) is 106 Å². The Morgan fingerprint density at radius 2 is 1.69 bits per heavy atom. The lowest BCUT2D eigenvalue weighted by molar-refractivity contribution is 0.0281. The molecule has 0 aliphatic carbocycles. The van der Waals surface area contributed by atoms with Gasteiger partial charge in [0.1, 0.15) is 5.60 Å². The van der Waals surface area contributed by atoms with E-state index in [0.717, 1.165) is 0 Å². The van der Waals surface area contributed by atoms with Gasteiger partial charge in [-0.1, -0.05) is 30.3 Å². The van der Waals surface area contributed by atoms with Crippen molar-refractivity contribution in [2.45, 2.75) is 64.5 Å². The summed E-state index contributed by atoms with van der Waals surface area (Å²) in [5.74, 6) is 0.172. The van der Waals surface area contributed by atoms with E-state index in [9.17, 15) is 18.0 Å². The monoisotopic (exact) mass is 647 g/mol. The van der Waals surface area contributed by atoms with Gasteiger partial charge in [-0.3, -0.25) is 4.79 Å². The normalized spacial score (nSPS) is 17.1. The van der Waals surface area contributed by atoms with Crippen molar-refractivity contribution >= 4 is 22.0 Å². The molecule has 2 aromatic carbocycles. The summed E-state index contributed by atoms with van der Waals surface area (Å²) in [5, 5.41) is 0. The molecule has 0 radical (unpaired) electrons. The smallest absolute Gasteiger partial charge is 0.410 e. The molecule has 3 rings (SSSR count). The summed E-state index contributed by atoms with van der Waals surface area (Å²) in [7, 11) is 0.955. The SMILES string of the molecule is COCCCOc1cc(C(=O)N(CC2CN(C(=O)OC(C)(C)C)CC2N(C)S(=O)(=O)Cc2ccccc2)C(C)C)ccc1OC. The van der Waals surface area contributed by atoms with Crippen LogP contribution in [0.5, 0.6) is 11.5 Å². The molecule has 2 atom stereocenters. The van der Waals surface area contributed by atoms with E-state index in [1.54, 1.807) is 82.3 Å². The third-order valence-corrected chi connectivity index (χ3v) is 9.48. The molecular weight excluding hydrogens is 598 g/mol. The minimum absolute atomic E-state index is 0.145. The van der Waals surface area contributed by atoms with Crippen LogP contribution in [0.15, 0.2) is 48.5 Å². The van der Waals surface area contributed by atoms with Crippen LogP contribution in [0.2, 0.25) is 0 Å². The van der Waals surface area contributed by atoms with E-state index < -0.39 is 27.8 Å². The number of rotatable bonds is 14. The second-order valence-electron chi connectivity index (χ2n) is 12.6. The Labute approximate surface area is 268 Å². The zero-order valence-corrected chi connectivity index (χ0v) is 28.6. The number of likely N-dealkylation sites (N-methyl/N-ethyl adjacent to an activating group) is 1. The molecule has 2 unspecified atom stereocenters. The molecule has 1 fully saturated rings. The largest absolute Gasteiger partial charge is 0.493 e. The summed E-state index contributed by atoms with van der Waals surface area (Å²) in [4.78, 5) is 30.4. The number of ether oxygens (including phenoxy) is 4. The van der Waals surface area contributed by atoms with Crippen LogP contribution in [0.1, 0.15) is 57.0 Å². The van der Waals surface area contributed by atoms with Gasteiger partial charge in [0.05, 0.1) is 19.5 Å². The van der Waals surface area contributed by atoms with Gasteiger partial charge in [-0.2, -0.15) is 4.31 Å². The fourth-order valence-corrected chi connectivity index (χ4v) is 6.74. The van der Waals surface area contributed by atoms with Crippen LogP contribution in [-0.2, 0) is 25.2 Å². The summed E-state index contributed by atoms with van der Waals surface area (Å²) in [6.07, 6.45) is 0.158. The molecular formula is C33H49N3O8S. The van der Waals surface area contributed by atoms with Crippen LogP contribution < -0.4 is 9.47 Å². The van der Waals surface area contributed by atoms with E-state index in [4.69, 9.17) is 18.9 Å². The maximum atomic E-state index is 14.0. The zero-order chi connectivity index (χ0) is 33.4. The van der Waals surface area contributed by atoms with E-state index in [0.29, 0.717) is 42.3 Å². The fourth-order valence-electron chi connectivity index (χ4n) is 5.27. The minimum atomic E-state index is -3.76. The molecule has 250 valence electrons. The molecule has 11 nitrogen and oxygen atoms in total. The van der Waals surface area contributed by atoms with Gasteiger partial charge in [0.2, 0.25) is 10.0 Å². The lowest BCUT2D eigenvalue weighted by atomic mass is 10.0. The molecule has 45 heavy (non-hydrogen) atoms. The van der Waals surface area contributed by atoms with Crippen molar-refractivity contribution in [2.24, 2.45) is 5.92 Å². The average molecular weight is 648 g/mol. The van der Waals surface area contributed by atoms with Crippen molar-refractivity contribution in [3.05, 3.63) is 59.7 Å². The Hall–Kier alpha value is -3.35. The Bertz CT molecular complexity index is 1380. The Kier molecular flexibility index (Phi) is 12.7. The number of methoxy groups -OCH3 is 2. The maximum absolute atomic E-state index is 14.0. The summed E-state index contributed by atoms with van der Waals surface area (Å²) >= 11 is 0. The van der Waals surface area contributed by atoms with Crippen molar-refractivity contribution in [3.8, 4) is 11.5 Å². The van der Waals surface area contributed by atoms with Crippen molar-refractivity contribution in [3.63, 3.8) is 0 Å². The average Bonchev–Trinajstić information content (AvgIpc) is 3.40. The van der Waals surface area contributed by atoms with Crippen LogP contribution in [0.4, 0.5) is 4.79 Å². The summed E-state index contributed by atoms with van der Waals surface area (Å²) in [5.41, 5.74) is 0.365. The zero-order valence-electron chi connectivity index (χ0n) is 27.8. The van der Waals surface area contributed by atoms with Crippen molar-refractivity contribution < 1.29 is 37.0 Å². The molecule has 2 aromatic rings. The van der Waals surface area contributed by atoms with Gasteiger partial charge in [0, 0.05) is 70.4 Å². The number of amides is 2. The predicted octanol–water partition coefficient (Wildman–Crippen LogP) is 4.66.